The number of pyridine rings is 1. The van der Waals surface area contributed by atoms with E-state index >= 15 is 0 Å². The first-order valence-corrected chi connectivity index (χ1v) is 11.2. The molecule has 9 heteroatoms. The molecular formula is C25H27F3N4O2. The quantitative estimate of drug-likeness (QED) is 0.672. The van der Waals surface area contributed by atoms with Gasteiger partial charge in [-0.25, -0.2) is 5.01 Å². The molecule has 2 unspecified atom stereocenters. The van der Waals surface area contributed by atoms with Gasteiger partial charge in [0, 0.05) is 25.2 Å². The molecule has 0 spiro atoms. The Kier molecular flexibility index (Phi) is 6.63. The summed E-state index contributed by atoms with van der Waals surface area (Å²) in [6.45, 7) is 3.78. The molecule has 2 aromatic rings. The first kappa shape index (κ1) is 23.8. The van der Waals surface area contributed by atoms with Gasteiger partial charge in [0.25, 0.3) is 12.1 Å². The van der Waals surface area contributed by atoms with Crippen molar-refractivity contribution >= 4 is 17.4 Å². The molecule has 0 radical (unpaired) electrons. The number of hydrogen-bond donors (Lipinski definition) is 1. The van der Waals surface area contributed by atoms with Gasteiger partial charge in [-0.3, -0.25) is 9.78 Å². The maximum Gasteiger partial charge on any atom is 0.417 e. The van der Waals surface area contributed by atoms with Crippen molar-refractivity contribution in [2.24, 2.45) is 10.8 Å². The number of carbonyl (C=O) groups is 1. The van der Waals surface area contributed by atoms with E-state index in [1.807, 2.05) is 18.2 Å². The number of nitrogens with two attached hydrogens (primary N) is 1. The summed E-state index contributed by atoms with van der Waals surface area (Å²) >= 11 is 0. The molecule has 2 heterocycles. The summed E-state index contributed by atoms with van der Waals surface area (Å²) in [4.78, 5) is 15.8. The fourth-order valence-electron chi connectivity index (χ4n) is 4.55. The molecule has 2 N–H and O–H groups in total. The number of hydrazone groups is 1. The van der Waals surface area contributed by atoms with Crippen LogP contribution in [0.15, 0.2) is 53.3 Å². The van der Waals surface area contributed by atoms with Crippen molar-refractivity contribution < 1.29 is 22.7 Å². The number of hydrogen-bond acceptors (Lipinski definition) is 5. The van der Waals surface area contributed by atoms with E-state index in [0.29, 0.717) is 18.0 Å². The summed E-state index contributed by atoms with van der Waals surface area (Å²) < 4.78 is 43.8. The second kappa shape index (κ2) is 9.48. The van der Waals surface area contributed by atoms with E-state index in [-0.39, 0.29) is 6.04 Å². The maximum atomic E-state index is 12.8. The fourth-order valence-corrected chi connectivity index (χ4v) is 4.55. The summed E-state index contributed by atoms with van der Waals surface area (Å²) in [7, 11) is 0. The molecule has 34 heavy (non-hydrogen) atoms. The van der Waals surface area contributed by atoms with Gasteiger partial charge < -0.3 is 10.5 Å². The number of aromatic nitrogens is 1. The average molecular weight is 473 g/mol. The number of amides is 1. The molecule has 2 aliphatic rings. The minimum atomic E-state index is -4.39. The van der Waals surface area contributed by atoms with Crippen LogP contribution in [0.5, 0.6) is 0 Å². The average Bonchev–Trinajstić information content (AvgIpc) is 3.21. The lowest BCUT2D eigenvalue weighted by Gasteiger charge is -2.33. The fraction of sp³-hybridized carbons (Fsp3) is 0.400. The topological polar surface area (TPSA) is 80.8 Å². The van der Waals surface area contributed by atoms with Crippen molar-refractivity contribution in [3.05, 3.63) is 70.6 Å². The Bertz CT molecular complexity index is 1130. The highest BCUT2D eigenvalue weighted by atomic mass is 19.4. The van der Waals surface area contributed by atoms with Crippen LogP contribution in [0.3, 0.4) is 0 Å². The van der Waals surface area contributed by atoms with Gasteiger partial charge in [0.1, 0.15) is 0 Å². The van der Waals surface area contributed by atoms with Crippen LogP contribution in [0.4, 0.5) is 13.2 Å². The van der Waals surface area contributed by atoms with Crippen LogP contribution in [0.1, 0.15) is 61.9 Å². The van der Waals surface area contributed by atoms with Gasteiger partial charge in [-0.05, 0) is 61.4 Å². The van der Waals surface area contributed by atoms with Gasteiger partial charge >= 0.3 is 6.18 Å². The third-order valence-electron chi connectivity index (χ3n) is 6.32. The van der Waals surface area contributed by atoms with Crippen LogP contribution in [-0.4, -0.2) is 34.1 Å². The summed E-state index contributed by atoms with van der Waals surface area (Å²) in [5, 5.41) is 6.08. The zero-order valence-electron chi connectivity index (χ0n) is 19.1. The van der Waals surface area contributed by atoms with Crippen molar-refractivity contribution in [2.75, 3.05) is 0 Å². The number of rotatable bonds is 5. The van der Waals surface area contributed by atoms with Gasteiger partial charge in [0.15, 0.2) is 0 Å². The van der Waals surface area contributed by atoms with Crippen LogP contribution < -0.4 is 5.73 Å². The molecule has 0 bridgehead atoms. The second-order valence-corrected chi connectivity index (χ2v) is 8.76. The van der Waals surface area contributed by atoms with Crippen molar-refractivity contribution in [1.82, 2.24) is 9.99 Å². The highest BCUT2D eigenvalue weighted by molar-refractivity contribution is 5.84. The Labute approximate surface area is 196 Å². The molecule has 1 aliphatic heterocycles. The van der Waals surface area contributed by atoms with Gasteiger partial charge in [-0.1, -0.05) is 29.8 Å². The number of primary amides is 1. The normalized spacial score (nSPS) is 22.3. The Morgan fingerprint density at radius 3 is 2.74 bits per heavy atom. The number of allylic oxidation sites excluding steroid dienone is 1. The zero-order valence-corrected chi connectivity index (χ0v) is 19.1. The highest BCUT2D eigenvalue weighted by Crippen LogP contribution is 2.35. The smallest absolute Gasteiger partial charge is 0.417 e. The minimum absolute atomic E-state index is 0.0215. The van der Waals surface area contributed by atoms with Crippen LogP contribution in [0, 0.1) is 0 Å². The third kappa shape index (κ3) is 5.24. The van der Waals surface area contributed by atoms with E-state index in [2.05, 4.69) is 23.1 Å². The van der Waals surface area contributed by atoms with Crippen molar-refractivity contribution in [3.63, 3.8) is 0 Å². The Hall–Kier alpha value is -3.36. The SMILES string of the molecule is CC1=NN(C2CCC/C(=C(/C)c3cccc(Cc4ccc(C(F)(F)F)cn4)c3)C2)C(C(N)=O)O1. The third-order valence-corrected chi connectivity index (χ3v) is 6.32. The molecule has 6 nitrogen and oxygen atoms in total. The standard InChI is InChI=1S/C25H27F3N4O2/c1-15(19-7-4-8-22(13-19)32-24(23(29)33)34-16(2)31-32)18-6-3-5-17(11-18)12-21-10-9-20(14-30-21)25(26,27)28/h3,5-6,9-11,14,22,24H,4,7-8,12-13H2,1-2H3,(H2,29,33)/b19-15+. The van der Waals surface area contributed by atoms with E-state index in [1.54, 1.807) is 11.9 Å². The van der Waals surface area contributed by atoms with Gasteiger partial charge in [0.05, 0.1) is 11.6 Å². The Morgan fingerprint density at radius 1 is 1.26 bits per heavy atom. The molecular weight excluding hydrogens is 445 g/mol. The van der Waals surface area contributed by atoms with E-state index in [1.165, 1.54) is 11.6 Å². The molecule has 4 rings (SSSR count). The number of nitrogens with zero attached hydrogens (tertiary/aromatic N) is 3. The van der Waals surface area contributed by atoms with Crippen LogP contribution in [-0.2, 0) is 22.1 Å². The second-order valence-electron chi connectivity index (χ2n) is 8.76. The molecule has 0 saturated heterocycles. The predicted octanol–water partition coefficient (Wildman–Crippen LogP) is 4.88. The first-order valence-electron chi connectivity index (χ1n) is 11.2. The number of alkyl halides is 3. The van der Waals surface area contributed by atoms with E-state index < -0.39 is 23.9 Å². The van der Waals surface area contributed by atoms with E-state index in [4.69, 9.17) is 10.5 Å². The van der Waals surface area contributed by atoms with Crippen molar-refractivity contribution in [2.45, 2.75) is 64.4 Å². The molecule has 1 aromatic heterocycles. The molecule has 2 atom stereocenters. The summed E-state index contributed by atoms with van der Waals surface area (Å²) in [5.41, 5.74) is 9.79. The Morgan fingerprint density at radius 2 is 2.06 bits per heavy atom. The van der Waals surface area contributed by atoms with E-state index in [9.17, 15) is 18.0 Å². The van der Waals surface area contributed by atoms with Gasteiger partial charge in [-0.2, -0.15) is 13.2 Å². The molecule has 1 amide bonds. The Balaban J connectivity index is 1.51. The summed E-state index contributed by atoms with van der Waals surface area (Å²) in [6, 6.07) is 10.5. The molecule has 1 aromatic carbocycles. The van der Waals surface area contributed by atoms with E-state index in [0.717, 1.165) is 54.6 Å². The van der Waals surface area contributed by atoms with Gasteiger partial charge in [0.2, 0.25) is 5.90 Å². The lowest BCUT2D eigenvalue weighted by molar-refractivity contribution is -0.138. The monoisotopic (exact) mass is 472 g/mol. The zero-order chi connectivity index (χ0) is 24.5. The van der Waals surface area contributed by atoms with Gasteiger partial charge in [-0.15, -0.1) is 5.10 Å². The maximum absolute atomic E-state index is 12.8. The molecule has 1 fully saturated rings. The number of ether oxygens (including phenoxy) is 1. The first-order chi connectivity index (χ1) is 16.1. The lowest BCUT2D eigenvalue weighted by atomic mass is 9.85. The van der Waals surface area contributed by atoms with Crippen LogP contribution in [0.2, 0.25) is 0 Å². The molecule has 180 valence electrons. The molecule has 1 saturated carbocycles. The summed E-state index contributed by atoms with van der Waals surface area (Å²) in [6.07, 6.45) is -0.397. The summed E-state index contributed by atoms with van der Waals surface area (Å²) in [5.74, 6) is -0.126. The highest BCUT2D eigenvalue weighted by Gasteiger charge is 2.37. The van der Waals surface area contributed by atoms with Crippen molar-refractivity contribution in [1.29, 1.82) is 0 Å². The van der Waals surface area contributed by atoms with Crippen LogP contribution in [0.25, 0.3) is 5.57 Å². The van der Waals surface area contributed by atoms with Crippen molar-refractivity contribution in [3.8, 4) is 0 Å². The predicted molar refractivity (Wildman–Crippen MR) is 122 cm³/mol. The molecule has 1 aliphatic carbocycles. The number of halogens is 3. The van der Waals surface area contributed by atoms with Crippen LogP contribution >= 0.6 is 0 Å². The largest absolute Gasteiger partial charge is 0.445 e. The lowest BCUT2D eigenvalue weighted by Crippen LogP contribution is -2.46. The minimum Gasteiger partial charge on any atom is -0.445 e. The number of benzene rings is 1. The number of carbonyl (C=O) groups excluding carboxylic acids is 1.